The number of nitrogens with zero attached hydrogens (tertiary/aromatic N) is 3. The quantitative estimate of drug-likeness (QED) is 0.435. The lowest BCUT2D eigenvalue weighted by Gasteiger charge is -2.26. The van der Waals surface area contributed by atoms with E-state index in [0.717, 1.165) is 15.6 Å². The number of sulfonamides is 1. The smallest absolute Gasteiger partial charge is 0.269 e. The molecule has 1 heterocycles. The maximum Gasteiger partial charge on any atom is 0.269 e. The fourth-order valence-electron chi connectivity index (χ4n) is 3.58. The molecule has 0 spiro atoms. The molecule has 0 bridgehead atoms. The number of benzene rings is 3. The molecule has 0 saturated heterocycles. The van der Waals surface area contributed by atoms with Gasteiger partial charge in [0, 0.05) is 24.4 Å². The molecular formula is C22H19N3O5S. The van der Waals surface area contributed by atoms with Gasteiger partial charge in [0.05, 0.1) is 15.5 Å². The molecule has 9 heteroatoms. The molecule has 0 N–H and O–H groups in total. The molecule has 0 saturated carbocycles. The van der Waals surface area contributed by atoms with E-state index in [2.05, 4.69) is 0 Å². The number of anilines is 2. The van der Waals surface area contributed by atoms with Gasteiger partial charge in [-0.2, -0.15) is 0 Å². The van der Waals surface area contributed by atoms with Crippen molar-refractivity contribution < 1.29 is 18.1 Å². The molecule has 8 nitrogen and oxygen atoms in total. The Morgan fingerprint density at radius 3 is 2.29 bits per heavy atom. The van der Waals surface area contributed by atoms with Crippen molar-refractivity contribution in [1.82, 2.24) is 0 Å². The highest BCUT2D eigenvalue weighted by atomic mass is 32.2. The molecule has 158 valence electrons. The van der Waals surface area contributed by atoms with Gasteiger partial charge in [-0.25, -0.2) is 8.42 Å². The van der Waals surface area contributed by atoms with Crippen molar-refractivity contribution in [2.24, 2.45) is 0 Å². The number of amides is 1. The molecule has 1 aliphatic heterocycles. The number of nitro benzene ring substituents is 1. The molecule has 1 aliphatic rings. The molecule has 0 atom stereocenters. The van der Waals surface area contributed by atoms with Gasteiger partial charge in [-0.05, 0) is 42.3 Å². The summed E-state index contributed by atoms with van der Waals surface area (Å²) >= 11 is 0. The van der Waals surface area contributed by atoms with Gasteiger partial charge >= 0.3 is 0 Å². The van der Waals surface area contributed by atoms with Gasteiger partial charge in [-0.15, -0.1) is 0 Å². The topological polar surface area (TPSA) is 101 Å². The van der Waals surface area contributed by atoms with Gasteiger partial charge in [0.1, 0.15) is 6.54 Å². The van der Waals surface area contributed by atoms with Crippen molar-refractivity contribution in [1.29, 1.82) is 0 Å². The number of carbonyl (C=O) groups excluding carboxylic acids is 1. The minimum Gasteiger partial charge on any atom is -0.310 e. The first-order valence-electron chi connectivity index (χ1n) is 9.58. The van der Waals surface area contributed by atoms with Crippen LogP contribution in [0.2, 0.25) is 0 Å². The molecule has 31 heavy (non-hydrogen) atoms. The third kappa shape index (κ3) is 3.99. The zero-order chi connectivity index (χ0) is 22.0. The number of rotatable bonds is 6. The average molecular weight is 437 g/mol. The second kappa shape index (κ2) is 8.19. The molecule has 1 amide bonds. The van der Waals surface area contributed by atoms with E-state index in [-0.39, 0.29) is 22.2 Å². The second-order valence-electron chi connectivity index (χ2n) is 7.02. The van der Waals surface area contributed by atoms with E-state index < -0.39 is 21.5 Å². The number of carbonyl (C=O) groups is 1. The Morgan fingerprint density at radius 2 is 1.61 bits per heavy atom. The summed E-state index contributed by atoms with van der Waals surface area (Å²) in [5.41, 5.74) is 1.81. The highest BCUT2D eigenvalue weighted by Crippen LogP contribution is 2.30. The van der Waals surface area contributed by atoms with Crippen LogP contribution in [0.5, 0.6) is 0 Å². The van der Waals surface area contributed by atoms with Crippen LogP contribution in [-0.2, 0) is 21.2 Å². The first kappa shape index (κ1) is 20.5. The average Bonchev–Trinajstić information content (AvgIpc) is 3.22. The van der Waals surface area contributed by atoms with E-state index in [1.807, 2.05) is 24.3 Å². The highest BCUT2D eigenvalue weighted by Gasteiger charge is 2.31. The SMILES string of the molecule is O=C(CN(c1ccc([N+](=O)[O-])cc1)S(=O)(=O)c1ccccc1)N1CCc2ccccc21. The summed E-state index contributed by atoms with van der Waals surface area (Å²) in [6, 6.07) is 20.4. The summed E-state index contributed by atoms with van der Waals surface area (Å²) in [6.07, 6.45) is 0.699. The zero-order valence-electron chi connectivity index (χ0n) is 16.4. The van der Waals surface area contributed by atoms with Crippen LogP contribution < -0.4 is 9.21 Å². The predicted molar refractivity (Wildman–Crippen MR) is 117 cm³/mol. The van der Waals surface area contributed by atoms with Gasteiger partial charge in [0.25, 0.3) is 15.7 Å². The molecule has 3 aromatic rings. The Kier molecular flexibility index (Phi) is 5.43. The highest BCUT2D eigenvalue weighted by molar-refractivity contribution is 7.92. The van der Waals surface area contributed by atoms with Gasteiger partial charge in [-0.3, -0.25) is 19.2 Å². The summed E-state index contributed by atoms with van der Waals surface area (Å²) in [5.74, 6) is -0.372. The summed E-state index contributed by atoms with van der Waals surface area (Å²) < 4.78 is 27.7. The number of non-ortho nitro benzene ring substituents is 1. The normalized spacial score (nSPS) is 13.0. The van der Waals surface area contributed by atoms with Gasteiger partial charge in [0.2, 0.25) is 5.91 Å². The molecule has 4 rings (SSSR count). The van der Waals surface area contributed by atoms with Crippen LogP contribution in [-0.4, -0.2) is 32.3 Å². The molecule has 0 radical (unpaired) electrons. The van der Waals surface area contributed by atoms with Crippen molar-refractivity contribution in [3.63, 3.8) is 0 Å². The maximum absolute atomic E-state index is 13.4. The summed E-state index contributed by atoms with van der Waals surface area (Å²) in [6.45, 7) is 0.0427. The van der Waals surface area contributed by atoms with Crippen molar-refractivity contribution in [2.75, 3.05) is 22.3 Å². The standard InChI is InChI=1S/C22H19N3O5S/c26-22(23-15-14-17-6-4-5-9-21(17)23)16-24(18-10-12-19(13-11-18)25(27)28)31(29,30)20-7-2-1-3-8-20/h1-13H,14-16H2. The van der Waals surface area contributed by atoms with Crippen LogP contribution in [0.15, 0.2) is 83.8 Å². The molecular weight excluding hydrogens is 418 g/mol. The minimum absolute atomic E-state index is 0.0305. The van der Waals surface area contributed by atoms with Crippen LogP contribution >= 0.6 is 0 Å². The van der Waals surface area contributed by atoms with Crippen LogP contribution in [0, 0.1) is 10.1 Å². The summed E-state index contributed by atoms with van der Waals surface area (Å²) in [7, 11) is -4.07. The molecule has 3 aromatic carbocycles. The van der Waals surface area contributed by atoms with Crippen LogP contribution in [0.4, 0.5) is 17.1 Å². The van der Waals surface area contributed by atoms with Crippen molar-refractivity contribution >= 4 is 33.0 Å². The number of hydrogen-bond acceptors (Lipinski definition) is 5. The van der Waals surface area contributed by atoms with Gasteiger partial charge < -0.3 is 4.90 Å². The van der Waals surface area contributed by atoms with Crippen molar-refractivity contribution in [3.05, 3.63) is 94.5 Å². The van der Waals surface area contributed by atoms with Crippen molar-refractivity contribution in [3.8, 4) is 0 Å². The summed E-state index contributed by atoms with van der Waals surface area (Å²) in [4.78, 5) is 25.2. The Labute approximate surface area is 179 Å². The Hall–Kier alpha value is -3.72. The molecule has 0 fully saturated rings. The lowest BCUT2D eigenvalue weighted by Crippen LogP contribution is -2.42. The zero-order valence-corrected chi connectivity index (χ0v) is 17.2. The molecule has 0 unspecified atom stereocenters. The fraction of sp³-hybridized carbons (Fsp3) is 0.136. The van der Waals surface area contributed by atoms with E-state index >= 15 is 0 Å². The molecule has 0 aliphatic carbocycles. The van der Waals surface area contributed by atoms with Crippen LogP contribution in [0.1, 0.15) is 5.56 Å². The van der Waals surface area contributed by atoms with E-state index in [4.69, 9.17) is 0 Å². The first-order valence-corrected chi connectivity index (χ1v) is 11.0. The van der Waals surface area contributed by atoms with E-state index in [9.17, 15) is 23.3 Å². The second-order valence-corrected chi connectivity index (χ2v) is 8.88. The third-order valence-electron chi connectivity index (χ3n) is 5.15. The van der Waals surface area contributed by atoms with Gasteiger partial charge in [-0.1, -0.05) is 36.4 Å². The Morgan fingerprint density at radius 1 is 0.968 bits per heavy atom. The Balaban J connectivity index is 1.71. The monoisotopic (exact) mass is 437 g/mol. The summed E-state index contributed by atoms with van der Waals surface area (Å²) in [5, 5.41) is 11.0. The van der Waals surface area contributed by atoms with E-state index in [0.29, 0.717) is 13.0 Å². The number of nitro groups is 1. The largest absolute Gasteiger partial charge is 0.310 e. The lowest BCUT2D eigenvalue weighted by atomic mass is 10.2. The molecule has 0 aromatic heterocycles. The third-order valence-corrected chi connectivity index (χ3v) is 6.93. The lowest BCUT2D eigenvalue weighted by molar-refractivity contribution is -0.384. The predicted octanol–water partition coefficient (Wildman–Crippen LogP) is 3.38. The van der Waals surface area contributed by atoms with E-state index in [1.54, 1.807) is 23.1 Å². The van der Waals surface area contributed by atoms with Crippen LogP contribution in [0.3, 0.4) is 0 Å². The van der Waals surface area contributed by atoms with Crippen LogP contribution in [0.25, 0.3) is 0 Å². The maximum atomic E-state index is 13.4. The number of hydrogen-bond donors (Lipinski definition) is 0. The first-order chi connectivity index (χ1) is 14.9. The van der Waals surface area contributed by atoms with Gasteiger partial charge in [0.15, 0.2) is 0 Å². The number of fused-ring (bicyclic) bond motifs is 1. The number of para-hydroxylation sites is 1. The minimum atomic E-state index is -4.07. The van der Waals surface area contributed by atoms with E-state index in [1.165, 1.54) is 36.4 Å². The Bertz CT molecular complexity index is 1230. The fourth-order valence-corrected chi connectivity index (χ4v) is 5.02. The van der Waals surface area contributed by atoms with Crippen molar-refractivity contribution in [2.45, 2.75) is 11.3 Å².